The summed E-state index contributed by atoms with van der Waals surface area (Å²) in [5, 5.41) is 12.8. The van der Waals surface area contributed by atoms with E-state index in [1.54, 1.807) is 11.6 Å². The summed E-state index contributed by atoms with van der Waals surface area (Å²) in [6, 6.07) is 13.8. The maximum absolute atomic E-state index is 12.8. The summed E-state index contributed by atoms with van der Waals surface area (Å²) in [6.07, 6.45) is 15.9. The number of carbonyl (C=O) groups excluding carboxylic acids is 1. The van der Waals surface area contributed by atoms with Gasteiger partial charge in [0, 0.05) is 23.1 Å². The van der Waals surface area contributed by atoms with Crippen LogP contribution in [0.25, 0.3) is 11.8 Å². The van der Waals surface area contributed by atoms with Gasteiger partial charge in [-0.2, -0.15) is 5.26 Å². The molecule has 0 unspecified atom stereocenters. The van der Waals surface area contributed by atoms with Gasteiger partial charge in [-0.15, -0.1) is 0 Å². The summed E-state index contributed by atoms with van der Waals surface area (Å²) in [7, 11) is 0. The minimum Gasteiger partial charge on any atom is -0.349 e. The molecule has 1 aromatic heterocycles. The molecular weight excluding hydrogens is 442 g/mol. The predicted molar refractivity (Wildman–Crippen MR) is 144 cm³/mol. The van der Waals surface area contributed by atoms with Gasteiger partial charge in [0.15, 0.2) is 0 Å². The number of carbonyl (C=O) groups is 1. The largest absolute Gasteiger partial charge is 0.349 e. The molecule has 0 radical (unpaired) electrons. The Morgan fingerprint density at radius 3 is 2.19 bits per heavy atom. The maximum atomic E-state index is 12.8. The fourth-order valence-electron chi connectivity index (χ4n) is 8.57. The number of hydrogen-bond donors (Lipinski definition) is 1. The first kappa shape index (κ1) is 23.6. The van der Waals surface area contributed by atoms with Crippen molar-refractivity contribution >= 4 is 12.0 Å². The van der Waals surface area contributed by atoms with Gasteiger partial charge in [0.25, 0.3) is 5.91 Å². The number of hydrogen-bond acceptors (Lipinski definition) is 2. The van der Waals surface area contributed by atoms with E-state index in [9.17, 15) is 10.1 Å². The van der Waals surface area contributed by atoms with Crippen molar-refractivity contribution in [2.24, 2.45) is 17.8 Å². The molecule has 1 N–H and O–H groups in total. The van der Waals surface area contributed by atoms with Crippen LogP contribution in [-0.4, -0.2) is 16.5 Å². The molecule has 0 aliphatic heterocycles. The quantitative estimate of drug-likeness (QED) is 0.372. The van der Waals surface area contributed by atoms with Crippen molar-refractivity contribution in [3.05, 3.63) is 58.4 Å². The van der Waals surface area contributed by atoms with Crippen LogP contribution in [0.4, 0.5) is 0 Å². The van der Waals surface area contributed by atoms with Crippen LogP contribution in [0, 0.1) is 42.9 Å². The van der Waals surface area contributed by atoms with Crippen molar-refractivity contribution in [1.82, 2.24) is 9.88 Å². The standard InChI is InChI=1S/C32H39N3O/c1-21-12-26(16-27(20-33)31(36)34-29-6-4-3-5-7-29)22(2)35(21)30-10-8-28(9-11-30)32-17-23-13-24(18-32)15-25(14-23)19-32/h8-12,16,23-25,29H,3-7,13-15,17-19H2,1-2H3,(H,34,36)/b27-16-. The third-order valence-corrected chi connectivity index (χ3v) is 9.85. The molecule has 2 aromatic rings. The second-order valence-corrected chi connectivity index (χ2v) is 12.4. The first-order chi connectivity index (χ1) is 17.4. The van der Waals surface area contributed by atoms with Crippen LogP contribution in [0.5, 0.6) is 0 Å². The Labute approximate surface area is 215 Å². The zero-order valence-corrected chi connectivity index (χ0v) is 21.9. The van der Waals surface area contributed by atoms with E-state index in [2.05, 4.69) is 60.1 Å². The fraction of sp³-hybridized carbons (Fsp3) is 0.562. The lowest BCUT2D eigenvalue weighted by Crippen LogP contribution is -2.48. The predicted octanol–water partition coefficient (Wildman–Crippen LogP) is 6.92. The Morgan fingerprint density at radius 2 is 1.61 bits per heavy atom. The normalized spacial score (nSPS) is 29.8. The molecule has 0 saturated heterocycles. The maximum Gasteiger partial charge on any atom is 0.262 e. The zero-order chi connectivity index (χ0) is 24.9. The molecule has 0 spiro atoms. The molecule has 1 amide bonds. The number of nitrogens with zero attached hydrogens (tertiary/aromatic N) is 2. The number of rotatable bonds is 5. The van der Waals surface area contributed by atoms with Gasteiger partial charge in [-0.1, -0.05) is 31.4 Å². The number of nitrogens with one attached hydrogen (secondary N) is 1. The van der Waals surface area contributed by atoms with Gasteiger partial charge in [-0.05, 0) is 124 Å². The van der Waals surface area contributed by atoms with Gasteiger partial charge in [0.1, 0.15) is 11.6 Å². The van der Waals surface area contributed by atoms with Crippen molar-refractivity contribution < 1.29 is 4.79 Å². The molecular formula is C32H39N3O. The Morgan fingerprint density at radius 1 is 1.00 bits per heavy atom. The van der Waals surface area contributed by atoms with Gasteiger partial charge in [-0.25, -0.2) is 0 Å². The van der Waals surface area contributed by atoms with Crippen molar-refractivity contribution in [2.45, 2.75) is 95.9 Å². The van der Waals surface area contributed by atoms with Crippen LogP contribution >= 0.6 is 0 Å². The molecule has 0 atom stereocenters. The van der Waals surface area contributed by atoms with Crippen LogP contribution in [0.2, 0.25) is 0 Å². The average Bonchev–Trinajstić information content (AvgIpc) is 3.14. The van der Waals surface area contributed by atoms with Crippen molar-refractivity contribution in [2.75, 3.05) is 0 Å². The fourth-order valence-corrected chi connectivity index (χ4v) is 8.57. The molecule has 1 aromatic carbocycles. The molecule has 188 valence electrons. The molecule has 5 aliphatic rings. The molecule has 5 fully saturated rings. The minimum atomic E-state index is -0.242. The monoisotopic (exact) mass is 481 g/mol. The van der Waals surface area contributed by atoms with Crippen molar-refractivity contribution in [3.63, 3.8) is 0 Å². The highest BCUT2D eigenvalue weighted by atomic mass is 16.1. The van der Waals surface area contributed by atoms with Crippen LogP contribution in [0.1, 0.15) is 93.1 Å². The van der Waals surface area contributed by atoms with E-state index >= 15 is 0 Å². The highest BCUT2D eigenvalue weighted by Gasteiger charge is 2.51. The summed E-state index contributed by atoms with van der Waals surface area (Å²) in [4.78, 5) is 12.8. The smallest absolute Gasteiger partial charge is 0.262 e. The lowest BCUT2D eigenvalue weighted by molar-refractivity contribution is -0.117. The van der Waals surface area contributed by atoms with Crippen molar-refractivity contribution in [1.29, 1.82) is 5.26 Å². The van der Waals surface area contributed by atoms with E-state index in [1.165, 1.54) is 44.9 Å². The molecule has 36 heavy (non-hydrogen) atoms. The molecule has 5 aliphatic carbocycles. The van der Waals surface area contributed by atoms with Crippen LogP contribution in [0.15, 0.2) is 35.9 Å². The second kappa shape index (κ2) is 9.25. The Kier molecular flexibility index (Phi) is 6.06. The molecule has 1 heterocycles. The van der Waals surface area contributed by atoms with Crippen LogP contribution < -0.4 is 5.32 Å². The topological polar surface area (TPSA) is 57.8 Å². The Bertz CT molecular complexity index is 1180. The molecule has 4 bridgehead atoms. The third-order valence-electron chi connectivity index (χ3n) is 9.85. The van der Waals surface area contributed by atoms with Gasteiger partial charge in [0.05, 0.1) is 0 Å². The summed E-state index contributed by atoms with van der Waals surface area (Å²) in [5.74, 6) is 2.60. The van der Waals surface area contributed by atoms with Gasteiger partial charge in [0.2, 0.25) is 0 Å². The zero-order valence-electron chi connectivity index (χ0n) is 21.9. The Balaban J connectivity index is 1.23. The lowest BCUT2D eigenvalue weighted by Gasteiger charge is -2.57. The van der Waals surface area contributed by atoms with Gasteiger partial charge in [-0.3, -0.25) is 4.79 Å². The number of amides is 1. The van der Waals surface area contributed by atoms with Gasteiger partial charge < -0.3 is 9.88 Å². The first-order valence-corrected chi connectivity index (χ1v) is 14.2. The highest BCUT2D eigenvalue weighted by molar-refractivity contribution is 6.02. The summed E-state index contributed by atoms with van der Waals surface area (Å²) < 4.78 is 2.25. The van der Waals surface area contributed by atoms with E-state index in [0.29, 0.717) is 5.41 Å². The van der Waals surface area contributed by atoms with E-state index < -0.39 is 0 Å². The first-order valence-electron chi connectivity index (χ1n) is 14.2. The number of aromatic nitrogens is 1. The number of aryl methyl sites for hydroxylation is 1. The summed E-state index contributed by atoms with van der Waals surface area (Å²) >= 11 is 0. The molecule has 5 saturated carbocycles. The molecule has 7 rings (SSSR count). The summed E-state index contributed by atoms with van der Waals surface area (Å²) in [6.45, 7) is 4.19. The SMILES string of the molecule is Cc1cc(/C=C(/C#N)C(=O)NC2CCCCC2)c(C)n1-c1ccc(C23CC4CC(CC(C4)C2)C3)cc1. The third kappa shape index (κ3) is 4.21. The van der Waals surface area contributed by atoms with E-state index in [0.717, 1.165) is 66.1 Å². The van der Waals surface area contributed by atoms with Crippen molar-refractivity contribution in [3.8, 4) is 11.8 Å². The minimum absolute atomic E-state index is 0.193. The van der Waals surface area contributed by atoms with Crippen LogP contribution in [-0.2, 0) is 10.2 Å². The molecule has 4 nitrogen and oxygen atoms in total. The lowest BCUT2D eigenvalue weighted by atomic mass is 9.48. The second-order valence-electron chi connectivity index (χ2n) is 12.4. The van der Waals surface area contributed by atoms with E-state index in [1.807, 2.05) is 0 Å². The van der Waals surface area contributed by atoms with Gasteiger partial charge >= 0.3 is 0 Å². The highest BCUT2D eigenvalue weighted by Crippen LogP contribution is 2.60. The van der Waals surface area contributed by atoms with Crippen LogP contribution in [0.3, 0.4) is 0 Å². The summed E-state index contributed by atoms with van der Waals surface area (Å²) in [5.41, 5.74) is 6.42. The number of nitriles is 1. The Hall–Kier alpha value is -2.80. The van der Waals surface area contributed by atoms with E-state index in [4.69, 9.17) is 0 Å². The van der Waals surface area contributed by atoms with E-state index in [-0.39, 0.29) is 17.5 Å². The average molecular weight is 482 g/mol. The molecule has 4 heteroatoms. The number of benzene rings is 1.